The molecule has 36 heavy (non-hydrogen) atoms. The molecule has 1 aromatic heterocycles. The number of benzene rings is 3. The van der Waals surface area contributed by atoms with Crippen LogP contribution in [0.1, 0.15) is 17.5 Å². The van der Waals surface area contributed by atoms with Crippen molar-refractivity contribution >= 4 is 11.7 Å². The van der Waals surface area contributed by atoms with E-state index in [0.717, 1.165) is 47.5 Å². The highest BCUT2D eigenvalue weighted by Crippen LogP contribution is 2.24. The molecule has 0 unspecified atom stereocenters. The Morgan fingerprint density at radius 1 is 0.917 bits per heavy atom. The molecule has 1 fully saturated rings. The van der Waals surface area contributed by atoms with E-state index in [1.54, 1.807) is 23.1 Å². The predicted molar refractivity (Wildman–Crippen MR) is 138 cm³/mol. The molecular formula is C28H29FN6O. The molecule has 2 heterocycles. The maximum Gasteiger partial charge on any atom is 0.317 e. The zero-order valence-corrected chi connectivity index (χ0v) is 20.1. The van der Waals surface area contributed by atoms with E-state index in [-0.39, 0.29) is 11.8 Å². The number of amides is 2. The Hall–Kier alpha value is -4.20. The standard InChI is InChI=1S/C28H29FN6O/c29-25-10-12-26(13-11-25)33-14-3-15-34(17-16-33)28(36)31-18-24-4-1-2-5-27(24)23-8-6-22(7-9-23)19-35-21-30-20-32-35/h1-2,4-13,20-21H,3,14-19H2,(H,31,36). The highest BCUT2D eigenvalue weighted by atomic mass is 19.1. The molecule has 0 atom stereocenters. The van der Waals surface area contributed by atoms with Gasteiger partial charge in [-0.2, -0.15) is 5.10 Å². The molecule has 2 amide bonds. The quantitative estimate of drug-likeness (QED) is 0.436. The van der Waals surface area contributed by atoms with Gasteiger partial charge in [-0.15, -0.1) is 0 Å². The van der Waals surface area contributed by atoms with Crippen molar-refractivity contribution in [2.45, 2.75) is 19.5 Å². The first-order valence-electron chi connectivity index (χ1n) is 12.2. The van der Waals surface area contributed by atoms with Gasteiger partial charge in [0.1, 0.15) is 18.5 Å². The number of carbonyl (C=O) groups is 1. The van der Waals surface area contributed by atoms with Crippen molar-refractivity contribution in [2.75, 3.05) is 31.1 Å². The van der Waals surface area contributed by atoms with Crippen molar-refractivity contribution in [3.05, 3.63) is 102 Å². The molecule has 0 saturated carbocycles. The summed E-state index contributed by atoms with van der Waals surface area (Å²) < 4.78 is 15.1. The molecule has 7 nitrogen and oxygen atoms in total. The van der Waals surface area contributed by atoms with Crippen LogP contribution in [0.25, 0.3) is 11.1 Å². The normalized spacial score (nSPS) is 13.9. The van der Waals surface area contributed by atoms with Crippen LogP contribution >= 0.6 is 0 Å². The van der Waals surface area contributed by atoms with Crippen LogP contribution in [-0.4, -0.2) is 51.9 Å². The maximum absolute atomic E-state index is 13.3. The minimum atomic E-state index is -0.238. The molecule has 1 saturated heterocycles. The van der Waals surface area contributed by atoms with Crippen LogP contribution in [0.15, 0.2) is 85.5 Å². The highest BCUT2D eigenvalue weighted by Gasteiger charge is 2.19. The number of hydrogen-bond donors (Lipinski definition) is 1. The van der Waals surface area contributed by atoms with E-state index in [0.29, 0.717) is 26.2 Å². The molecule has 8 heteroatoms. The van der Waals surface area contributed by atoms with Crippen molar-refractivity contribution < 1.29 is 9.18 Å². The number of urea groups is 1. The second-order valence-electron chi connectivity index (χ2n) is 8.91. The first kappa shape index (κ1) is 23.5. The molecule has 184 valence electrons. The third-order valence-electron chi connectivity index (χ3n) is 6.50. The molecule has 1 N–H and O–H groups in total. The molecule has 0 bridgehead atoms. The third-order valence-corrected chi connectivity index (χ3v) is 6.50. The molecule has 0 spiro atoms. The number of anilines is 1. The fourth-order valence-corrected chi connectivity index (χ4v) is 4.56. The summed E-state index contributed by atoms with van der Waals surface area (Å²) >= 11 is 0. The smallest absolute Gasteiger partial charge is 0.317 e. The van der Waals surface area contributed by atoms with Crippen LogP contribution in [0, 0.1) is 5.82 Å². The van der Waals surface area contributed by atoms with Gasteiger partial charge in [0.25, 0.3) is 0 Å². The summed E-state index contributed by atoms with van der Waals surface area (Å²) in [6.07, 6.45) is 4.10. The number of carbonyl (C=O) groups excluding carboxylic acids is 1. The van der Waals surface area contributed by atoms with Gasteiger partial charge >= 0.3 is 6.03 Å². The average Bonchev–Trinajstić information content (AvgIpc) is 3.30. The van der Waals surface area contributed by atoms with Crippen molar-refractivity contribution in [3.8, 4) is 11.1 Å². The molecule has 1 aliphatic heterocycles. The lowest BCUT2D eigenvalue weighted by Gasteiger charge is -2.24. The van der Waals surface area contributed by atoms with Gasteiger partial charge in [-0.05, 0) is 52.9 Å². The second kappa shape index (κ2) is 11.0. The summed E-state index contributed by atoms with van der Waals surface area (Å²) in [6, 6.07) is 23.0. The first-order valence-corrected chi connectivity index (χ1v) is 12.2. The van der Waals surface area contributed by atoms with E-state index in [4.69, 9.17) is 0 Å². The van der Waals surface area contributed by atoms with E-state index in [1.165, 1.54) is 18.5 Å². The Morgan fingerprint density at radius 2 is 1.72 bits per heavy atom. The lowest BCUT2D eigenvalue weighted by Crippen LogP contribution is -2.41. The number of halogens is 1. The summed E-state index contributed by atoms with van der Waals surface area (Å²) in [5.74, 6) is -0.238. The average molecular weight is 485 g/mol. The summed E-state index contributed by atoms with van der Waals surface area (Å²) in [6.45, 7) is 4.00. The highest BCUT2D eigenvalue weighted by molar-refractivity contribution is 5.75. The Kier molecular flexibility index (Phi) is 7.21. The Labute approximate surface area is 210 Å². The van der Waals surface area contributed by atoms with Gasteiger partial charge in [-0.25, -0.2) is 18.9 Å². The summed E-state index contributed by atoms with van der Waals surface area (Å²) in [4.78, 5) is 21.0. The Bertz CT molecular complexity index is 1270. The van der Waals surface area contributed by atoms with Crippen LogP contribution in [0.4, 0.5) is 14.9 Å². The van der Waals surface area contributed by atoms with Crippen LogP contribution < -0.4 is 10.2 Å². The second-order valence-corrected chi connectivity index (χ2v) is 8.91. The van der Waals surface area contributed by atoms with Crippen molar-refractivity contribution in [1.82, 2.24) is 25.0 Å². The fourth-order valence-electron chi connectivity index (χ4n) is 4.56. The minimum absolute atomic E-state index is 0.0612. The van der Waals surface area contributed by atoms with Gasteiger partial charge < -0.3 is 15.1 Å². The van der Waals surface area contributed by atoms with Gasteiger partial charge in [-0.3, -0.25) is 0 Å². The van der Waals surface area contributed by atoms with Crippen molar-refractivity contribution in [3.63, 3.8) is 0 Å². The summed E-state index contributed by atoms with van der Waals surface area (Å²) in [7, 11) is 0. The summed E-state index contributed by atoms with van der Waals surface area (Å²) in [5, 5.41) is 7.27. The van der Waals surface area contributed by atoms with E-state index in [2.05, 4.69) is 56.7 Å². The molecule has 3 aromatic carbocycles. The SMILES string of the molecule is O=C(NCc1ccccc1-c1ccc(Cn2cncn2)cc1)N1CCCN(c2ccc(F)cc2)CC1. The van der Waals surface area contributed by atoms with Gasteiger partial charge in [0.15, 0.2) is 0 Å². The molecule has 0 radical (unpaired) electrons. The van der Waals surface area contributed by atoms with Crippen molar-refractivity contribution in [1.29, 1.82) is 0 Å². The van der Waals surface area contributed by atoms with Gasteiger partial charge in [-0.1, -0.05) is 48.5 Å². The predicted octanol–water partition coefficient (Wildman–Crippen LogP) is 4.55. The van der Waals surface area contributed by atoms with Crippen LogP contribution in [0.2, 0.25) is 0 Å². The van der Waals surface area contributed by atoms with E-state index in [1.807, 2.05) is 17.0 Å². The van der Waals surface area contributed by atoms with E-state index >= 15 is 0 Å². The number of nitrogens with one attached hydrogen (secondary N) is 1. The topological polar surface area (TPSA) is 66.3 Å². The zero-order valence-electron chi connectivity index (χ0n) is 20.1. The Balaban J connectivity index is 1.19. The molecule has 1 aliphatic rings. The maximum atomic E-state index is 13.3. The number of aromatic nitrogens is 3. The lowest BCUT2D eigenvalue weighted by molar-refractivity contribution is 0.201. The van der Waals surface area contributed by atoms with E-state index in [9.17, 15) is 9.18 Å². The minimum Gasteiger partial charge on any atom is -0.370 e. The van der Waals surface area contributed by atoms with Crippen molar-refractivity contribution in [2.24, 2.45) is 0 Å². The third kappa shape index (κ3) is 5.71. The van der Waals surface area contributed by atoms with Gasteiger partial charge in [0, 0.05) is 38.4 Å². The zero-order chi connectivity index (χ0) is 24.7. The van der Waals surface area contributed by atoms with Crippen LogP contribution in [0.5, 0.6) is 0 Å². The number of rotatable bonds is 6. The molecular weight excluding hydrogens is 455 g/mol. The van der Waals surface area contributed by atoms with Gasteiger partial charge in [0.2, 0.25) is 0 Å². The largest absolute Gasteiger partial charge is 0.370 e. The Morgan fingerprint density at radius 3 is 2.50 bits per heavy atom. The fraction of sp³-hybridized carbons (Fsp3) is 0.250. The molecule has 0 aliphatic carbocycles. The van der Waals surface area contributed by atoms with Crippen LogP contribution in [0.3, 0.4) is 0 Å². The monoisotopic (exact) mass is 484 g/mol. The molecule has 4 aromatic rings. The first-order chi connectivity index (χ1) is 17.7. The van der Waals surface area contributed by atoms with Gasteiger partial charge in [0.05, 0.1) is 6.54 Å². The van der Waals surface area contributed by atoms with E-state index < -0.39 is 0 Å². The molecule has 5 rings (SSSR count). The number of nitrogens with zero attached hydrogens (tertiary/aromatic N) is 5. The lowest BCUT2D eigenvalue weighted by atomic mass is 9.98. The van der Waals surface area contributed by atoms with Crippen LogP contribution in [-0.2, 0) is 13.1 Å². The number of hydrogen-bond acceptors (Lipinski definition) is 4. The summed E-state index contributed by atoms with van der Waals surface area (Å²) in [5.41, 5.74) is 5.40.